The van der Waals surface area contributed by atoms with Crippen molar-refractivity contribution in [2.75, 3.05) is 0 Å². The lowest BCUT2D eigenvalue weighted by Crippen LogP contribution is -2.02. The van der Waals surface area contributed by atoms with Crippen LogP contribution in [0.15, 0.2) is 134 Å². The number of rotatable bonds is 3. The van der Waals surface area contributed by atoms with Gasteiger partial charge in [0.05, 0.1) is 16.6 Å². The highest BCUT2D eigenvalue weighted by Crippen LogP contribution is 2.36. The molecule has 3 heterocycles. The van der Waals surface area contributed by atoms with Gasteiger partial charge in [-0.25, -0.2) is 9.97 Å². The van der Waals surface area contributed by atoms with Crippen LogP contribution >= 0.6 is 0 Å². The van der Waals surface area contributed by atoms with Crippen molar-refractivity contribution in [3.63, 3.8) is 0 Å². The van der Waals surface area contributed by atoms with Gasteiger partial charge >= 0.3 is 0 Å². The van der Waals surface area contributed by atoms with Gasteiger partial charge in [-0.05, 0) is 58.3 Å². The van der Waals surface area contributed by atoms with Gasteiger partial charge in [-0.15, -0.1) is 0 Å². The second kappa shape index (κ2) is 8.61. The summed E-state index contributed by atoms with van der Waals surface area (Å²) < 4.78 is 2.30. The molecule has 0 bridgehead atoms. The lowest BCUT2D eigenvalue weighted by atomic mass is 10.1. The van der Waals surface area contributed by atoms with E-state index in [9.17, 15) is 0 Å². The maximum Gasteiger partial charge on any atom is 0.162 e. The second-order valence-electron chi connectivity index (χ2n) is 9.78. The molecule has 0 saturated heterocycles. The summed E-state index contributed by atoms with van der Waals surface area (Å²) in [4.78, 5) is 14.5. The number of fused-ring (bicyclic) bond motifs is 5. The van der Waals surface area contributed by atoms with Crippen LogP contribution in [-0.2, 0) is 0 Å². The molecule has 39 heavy (non-hydrogen) atoms. The summed E-state index contributed by atoms with van der Waals surface area (Å²) in [6.45, 7) is 0. The van der Waals surface area contributed by atoms with Gasteiger partial charge in [-0.2, -0.15) is 0 Å². The highest BCUT2D eigenvalue weighted by molar-refractivity contribution is 6.14. The van der Waals surface area contributed by atoms with Crippen molar-refractivity contribution in [2.45, 2.75) is 0 Å². The Morgan fingerprint density at radius 3 is 2.03 bits per heavy atom. The molecule has 0 saturated carbocycles. The summed E-state index contributed by atoms with van der Waals surface area (Å²) in [5.74, 6) is 1.58. The average molecular weight is 499 g/mol. The summed E-state index contributed by atoms with van der Waals surface area (Å²) in [6.07, 6.45) is 3.67. The minimum Gasteiger partial charge on any atom is -0.293 e. The summed E-state index contributed by atoms with van der Waals surface area (Å²) >= 11 is 0. The van der Waals surface area contributed by atoms with E-state index in [0.29, 0.717) is 5.82 Å². The largest absolute Gasteiger partial charge is 0.293 e. The molecule has 0 aliphatic carbocycles. The van der Waals surface area contributed by atoms with Crippen LogP contribution in [0.25, 0.3) is 71.8 Å². The lowest BCUT2D eigenvalue weighted by molar-refractivity contribution is 1.08. The van der Waals surface area contributed by atoms with Gasteiger partial charge < -0.3 is 0 Å². The maximum atomic E-state index is 5.24. The molecule has 0 amide bonds. The van der Waals surface area contributed by atoms with E-state index in [4.69, 9.17) is 9.97 Å². The minimum absolute atomic E-state index is 0.702. The normalized spacial score (nSPS) is 11.6. The van der Waals surface area contributed by atoms with E-state index in [2.05, 4.69) is 119 Å². The number of benzene rings is 5. The Kier molecular flexibility index (Phi) is 4.79. The minimum atomic E-state index is 0.702. The summed E-state index contributed by atoms with van der Waals surface area (Å²) in [6, 6.07) is 42.4. The van der Waals surface area contributed by atoms with E-state index < -0.39 is 0 Å². The van der Waals surface area contributed by atoms with Crippen molar-refractivity contribution in [2.24, 2.45) is 0 Å². The average Bonchev–Trinajstić information content (AvgIpc) is 3.33. The van der Waals surface area contributed by atoms with Gasteiger partial charge in [0.1, 0.15) is 5.82 Å². The van der Waals surface area contributed by atoms with Gasteiger partial charge in [-0.1, -0.05) is 84.9 Å². The fourth-order valence-corrected chi connectivity index (χ4v) is 5.59. The molecule has 182 valence electrons. The fourth-order valence-electron chi connectivity index (χ4n) is 5.59. The molecule has 0 aliphatic rings. The topological polar surface area (TPSA) is 43.6 Å². The molecule has 0 aliphatic heterocycles. The fraction of sp³-hybridized carbons (Fsp3) is 0. The van der Waals surface area contributed by atoms with E-state index in [-0.39, 0.29) is 0 Å². The van der Waals surface area contributed by atoms with Crippen molar-refractivity contribution in [1.29, 1.82) is 0 Å². The van der Waals surface area contributed by atoms with E-state index >= 15 is 0 Å². The number of hydrogen-bond donors (Lipinski definition) is 0. The van der Waals surface area contributed by atoms with Crippen LogP contribution in [0, 0.1) is 0 Å². The van der Waals surface area contributed by atoms with Crippen LogP contribution in [0.2, 0.25) is 0 Å². The molecule has 0 unspecified atom stereocenters. The Balaban J connectivity index is 1.40. The van der Waals surface area contributed by atoms with Gasteiger partial charge in [0.15, 0.2) is 5.82 Å². The van der Waals surface area contributed by atoms with E-state index in [1.807, 2.05) is 18.3 Å². The van der Waals surface area contributed by atoms with E-state index in [0.717, 1.165) is 44.4 Å². The first kappa shape index (κ1) is 21.7. The molecule has 0 spiro atoms. The highest BCUT2D eigenvalue weighted by Gasteiger charge is 2.18. The molecule has 8 rings (SSSR count). The third-order valence-corrected chi connectivity index (χ3v) is 7.47. The van der Waals surface area contributed by atoms with Crippen LogP contribution in [0.3, 0.4) is 0 Å². The van der Waals surface area contributed by atoms with Crippen LogP contribution in [0.1, 0.15) is 0 Å². The maximum absolute atomic E-state index is 5.24. The summed E-state index contributed by atoms with van der Waals surface area (Å²) in [5, 5.41) is 5.88. The zero-order valence-electron chi connectivity index (χ0n) is 21.0. The number of para-hydroxylation sites is 2. The monoisotopic (exact) mass is 498 g/mol. The Bertz CT molecular complexity index is 2160. The van der Waals surface area contributed by atoms with Crippen LogP contribution in [0.5, 0.6) is 0 Å². The number of nitrogens with zero attached hydrogens (tertiary/aromatic N) is 4. The third-order valence-electron chi connectivity index (χ3n) is 7.47. The first-order valence-corrected chi connectivity index (χ1v) is 13.0. The molecule has 3 aromatic heterocycles. The molecule has 0 radical (unpaired) electrons. The zero-order chi connectivity index (χ0) is 25.8. The van der Waals surface area contributed by atoms with Gasteiger partial charge in [-0.3, -0.25) is 9.55 Å². The molecule has 0 atom stereocenters. The lowest BCUT2D eigenvalue weighted by Gasteiger charge is -2.13. The molecule has 4 heteroatoms. The summed E-state index contributed by atoms with van der Waals surface area (Å²) in [7, 11) is 0. The third kappa shape index (κ3) is 3.50. The van der Waals surface area contributed by atoms with Crippen LogP contribution in [-0.4, -0.2) is 19.5 Å². The highest BCUT2D eigenvalue weighted by atomic mass is 15.1. The first-order chi connectivity index (χ1) is 19.3. The number of aromatic nitrogens is 4. The quantitative estimate of drug-likeness (QED) is 0.245. The van der Waals surface area contributed by atoms with E-state index in [1.54, 1.807) is 6.20 Å². The number of hydrogen-bond acceptors (Lipinski definition) is 3. The molecule has 0 N–H and O–H groups in total. The molecule has 5 aromatic carbocycles. The standard InChI is InChI=1S/C35H22N4/c1-2-9-26-21-33-30(20-25(26)8-1)28-11-4-6-14-32(28)39(33)35-29-12-3-5-13-31(29)37-34(38-35)24-17-15-23(16-18-24)27-10-7-19-36-22-27/h1-22H. The van der Waals surface area contributed by atoms with Crippen molar-refractivity contribution in [1.82, 2.24) is 19.5 Å². The predicted octanol–water partition coefficient (Wildman–Crippen LogP) is 8.61. The SMILES string of the molecule is c1cncc(-c2ccc(-c3nc(-n4c5ccccc5c5cc6ccccc6cc54)c4ccccc4n3)cc2)c1. The van der Waals surface area contributed by atoms with Crippen LogP contribution < -0.4 is 0 Å². The van der Waals surface area contributed by atoms with E-state index in [1.165, 1.54) is 21.5 Å². The number of pyridine rings is 1. The second-order valence-corrected chi connectivity index (χ2v) is 9.78. The summed E-state index contributed by atoms with van der Waals surface area (Å²) in [5.41, 5.74) is 6.35. The van der Waals surface area contributed by atoms with Crippen molar-refractivity contribution < 1.29 is 0 Å². The van der Waals surface area contributed by atoms with Crippen molar-refractivity contribution in [3.05, 3.63) is 134 Å². The molecular weight excluding hydrogens is 476 g/mol. The van der Waals surface area contributed by atoms with Gasteiger partial charge in [0.25, 0.3) is 0 Å². The van der Waals surface area contributed by atoms with Crippen LogP contribution in [0.4, 0.5) is 0 Å². The Morgan fingerprint density at radius 2 is 1.21 bits per heavy atom. The van der Waals surface area contributed by atoms with Crippen molar-refractivity contribution in [3.8, 4) is 28.3 Å². The molecule has 8 aromatic rings. The molecular formula is C35H22N4. The Labute approximate surface area is 224 Å². The molecule has 0 fully saturated rings. The molecule has 4 nitrogen and oxygen atoms in total. The Hall–Kier alpha value is -5.35. The zero-order valence-corrected chi connectivity index (χ0v) is 21.0. The van der Waals surface area contributed by atoms with Crippen molar-refractivity contribution >= 4 is 43.5 Å². The predicted molar refractivity (Wildman–Crippen MR) is 160 cm³/mol. The van der Waals surface area contributed by atoms with Gasteiger partial charge in [0.2, 0.25) is 0 Å². The van der Waals surface area contributed by atoms with Gasteiger partial charge in [0, 0.05) is 34.1 Å². The Morgan fingerprint density at radius 1 is 0.487 bits per heavy atom. The smallest absolute Gasteiger partial charge is 0.162 e. The first-order valence-electron chi connectivity index (χ1n) is 13.0.